The highest BCUT2D eigenvalue weighted by Crippen LogP contribution is 2.25. The lowest BCUT2D eigenvalue weighted by atomic mass is 9.99. The number of benzene rings is 1. The molecular weight excluding hydrogens is 266 g/mol. The smallest absolute Gasteiger partial charge is 0.0947 e. The maximum atomic E-state index is 6.04. The van der Waals surface area contributed by atoms with Gasteiger partial charge in [-0.15, -0.1) is 11.3 Å². The van der Waals surface area contributed by atoms with Crippen molar-refractivity contribution >= 4 is 22.9 Å². The Morgan fingerprint density at radius 1 is 1.44 bits per heavy atom. The van der Waals surface area contributed by atoms with Gasteiger partial charge in [0.2, 0.25) is 0 Å². The third kappa shape index (κ3) is 3.09. The van der Waals surface area contributed by atoms with Crippen molar-refractivity contribution in [2.45, 2.75) is 26.3 Å². The minimum Gasteiger partial charge on any atom is -0.271 e. The highest BCUT2D eigenvalue weighted by atomic mass is 35.5. The van der Waals surface area contributed by atoms with E-state index in [1.54, 1.807) is 11.3 Å². The highest BCUT2D eigenvalue weighted by molar-refractivity contribution is 7.09. The minimum absolute atomic E-state index is 0.0363. The summed E-state index contributed by atoms with van der Waals surface area (Å²) in [5.41, 5.74) is 6.20. The molecule has 0 saturated heterocycles. The second kappa shape index (κ2) is 5.80. The molecule has 18 heavy (non-hydrogen) atoms. The van der Waals surface area contributed by atoms with Crippen LogP contribution in [0.1, 0.15) is 27.9 Å². The van der Waals surface area contributed by atoms with Crippen LogP contribution in [0, 0.1) is 13.8 Å². The zero-order valence-electron chi connectivity index (χ0n) is 10.4. The summed E-state index contributed by atoms with van der Waals surface area (Å²) in [7, 11) is 0. The molecule has 96 valence electrons. The van der Waals surface area contributed by atoms with Crippen LogP contribution in [0.3, 0.4) is 0 Å². The zero-order chi connectivity index (χ0) is 13.1. The van der Waals surface area contributed by atoms with Crippen LogP contribution in [0.2, 0.25) is 5.02 Å². The molecule has 0 saturated carbocycles. The molecule has 3 N–H and O–H groups in total. The average molecular weight is 282 g/mol. The van der Waals surface area contributed by atoms with Crippen molar-refractivity contribution < 1.29 is 0 Å². The summed E-state index contributed by atoms with van der Waals surface area (Å²) in [6.07, 6.45) is 0.774. The van der Waals surface area contributed by atoms with Gasteiger partial charge in [-0.25, -0.2) is 4.98 Å². The highest BCUT2D eigenvalue weighted by Gasteiger charge is 2.15. The molecule has 2 aromatic rings. The molecule has 1 aromatic heterocycles. The lowest BCUT2D eigenvalue weighted by Crippen LogP contribution is -2.30. The number of rotatable bonds is 4. The largest absolute Gasteiger partial charge is 0.271 e. The number of nitrogens with two attached hydrogens (primary N) is 1. The van der Waals surface area contributed by atoms with E-state index < -0.39 is 0 Å². The standard InChI is InChI=1S/C13H16ClN3S/c1-8-3-4-10(14)5-11(8)12(17-15)6-13-16-9(2)7-18-13/h3-5,7,12,17H,6,15H2,1-2H3. The predicted molar refractivity (Wildman–Crippen MR) is 76.8 cm³/mol. The Labute approximate surface area is 116 Å². The van der Waals surface area contributed by atoms with Gasteiger partial charge in [-0.2, -0.15) is 0 Å². The molecule has 0 radical (unpaired) electrons. The SMILES string of the molecule is Cc1csc(CC(NN)c2cc(Cl)ccc2C)n1. The van der Waals surface area contributed by atoms with Gasteiger partial charge in [-0.05, 0) is 37.1 Å². The van der Waals surface area contributed by atoms with Gasteiger partial charge in [0.25, 0.3) is 0 Å². The first-order chi connectivity index (χ1) is 8.60. The minimum atomic E-state index is 0.0363. The molecule has 0 aliphatic heterocycles. The number of aromatic nitrogens is 1. The first-order valence-electron chi connectivity index (χ1n) is 5.73. The lowest BCUT2D eigenvalue weighted by molar-refractivity contribution is 0.548. The van der Waals surface area contributed by atoms with E-state index in [-0.39, 0.29) is 6.04 Å². The maximum Gasteiger partial charge on any atom is 0.0947 e. The fraction of sp³-hybridized carbons (Fsp3) is 0.308. The van der Waals surface area contributed by atoms with Gasteiger partial charge in [0.05, 0.1) is 11.0 Å². The average Bonchev–Trinajstić information content (AvgIpc) is 2.75. The van der Waals surface area contributed by atoms with E-state index in [9.17, 15) is 0 Å². The van der Waals surface area contributed by atoms with Crippen molar-refractivity contribution in [1.82, 2.24) is 10.4 Å². The second-order valence-electron chi connectivity index (χ2n) is 4.31. The number of halogens is 1. The fourth-order valence-corrected chi connectivity index (χ4v) is 2.92. The van der Waals surface area contributed by atoms with Crippen LogP contribution < -0.4 is 11.3 Å². The van der Waals surface area contributed by atoms with Crippen molar-refractivity contribution in [3.05, 3.63) is 50.4 Å². The Morgan fingerprint density at radius 2 is 2.22 bits per heavy atom. The topological polar surface area (TPSA) is 50.9 Å². The molecule has 1 aromatic carbocycles. The molecule has 0 spiro atoms. The third-order valence-corrected chi connectivity index (χ3v) is 4.09. The molecule has 1 heterocycles. The summed E-state index contributed by atoms with van der Waals surface area (Å²) in [6.45, 7) is 4.05. The van der Waals surface area contributed by atoms with E-state index in [1.165, 1.54) is 5.56 Å². The number of hydrazine groups is 1. The Morgan fingerprint density at radius 3 is 2.83 bits per heavy atom. The number of aryl methyl sites for hydroxylation is 2. The Balaban J connectivity index is 2.25. The summed E-state index contributed by atoms with van der Waals surface area (Å²) >= 11 is 7.70. The van der Waals surface area contributed by atoms with Gasteiger partial charge in [-0.3, -0.25) is 11.3 Å². The van der Waals surface area contributed by atoms with E-state index in [2.05, 4.69) is 17.3 Å². The molecule has 2 rings (SSSR count). The fourth-order valence-electron chi connectivity index (χ4n) is 1.92. The van der Waals surface area contributed by atoms with E-state index in [1.807, 2.05) is 30.5 Å². The molecule has 3 nitrogen and oxygen atoms in total. The van der Waals surface area contributed by atoms with Crippen LogP contribution in [0.15, 0.2) is 23.6 Å². The molecule has 0 bridgehead atoms. The van der Waals surface area contributed by atoms with E-state index in [0.29, 0.717) is 0 Å². The van der Waals surface area contributed by atoms with E-state index in [4.69, 9.17) is 17.4 Å². The molecule has 1 unspecified atom stereocenters. The van der Waals surface area contributed by atoms with Gasteiger partial charge in [-0.1, -0.05) is 17.7 Å². The summed E-state index contributed by atoms with van der Waals surface area (Å²) in [4.78, 5) is 4.47. The van der Waals surface area contributed by atoms with Crippen LogP contribution in [-0.2, 0) is 6.42 Å². The second-order valence-corrected chi connectivity index (χ2v) is 5.69. The van der Waals surface area contributed by atoms with Crippen molar-refractivity contribution in [3.63, 3.8) is 0 Å². The molecule has 1 atom stereocenters. The Kier molecular flexibility index (Phi) is 4.35. The maximum absolute atomic E-state index is 6.04. The van der Waals surface area contributed by atoms with Crippen LogP contribution in [0.4, 0.5) is 0 Å². The van der Waals surface area contributed by atoms with Crippen LogP contribution in [-0.4, -0.2) is 4.98 Å². The van der Waals surface area contributed by atoms with Gasteiger partial charge in [0, 0.05) is 22.5 Å². The molecular formula is C13H16ClN3S. The molecule has 0 fully saturated rings. The van der Waals surface area contributed by atoms with Crippen molar-refractivity contribution in [2.75, 3.05) is 0 Å². The summed E-state index contributed by atoms with van der Waals surface area (Å²) in [5, 5.41) is 3.86. The number of nitrogens with zero attached hydrogens (tertiary/aromatic N) is 1. The van der Waals surface area contributed by atoms with Gasteiger partial charge < -0.3 is 0 Å². The van der Waals surface area contributed by atoms with Crippen molar-refractivity contribution in [2.24, 2.45) is 5.84 Å². The molecule has 0 amide bonds. The van der Waals surface area contributed by atoms with Gasteiger partial charge >= 0.3 is 0 Å². The van der Waals surface area contributed by atoms with Crippen LogP contribution in [0.5, 0.6) is 0 Å². The number of thiazole rings is 1. The lowest BCUT2D eigenvalue weighted by Gasteiger charge is -2.17. The predicted octanol–water partition coefficient (Wildman–Crippen LogP) is 3.16. The summed E-state index contributed by atoms with van der Waals surface area (Å²) in [5.74, 6) is 5.66. The number of nitrogens with one attached hydrogen (secondary N) is 1. The normalized spacial score (nSPS) is 12.7. The van der Waals surface area contributed by atoms with Crippen molar-refractivity contribution in [3.8, 4) is 0 Å². The van der Waals surface area contributed by atoms with Gasteiger partial charge in [0.1, 0.15) is 0 Å². The first-order valence-corrected chi connectivity index (χ1v) is 6.99. The van der Waals surface area contributed by atoms with E-state index >= 15 is 0 Å². The molecule has 5 heteroatoms. The molecule has 0 aliphatic rings. The summed E-state index contributed by atoms with van der Waals surface area (Å²) in [6, 6.07) is 5.90. The van der Waals surface area contributed by atoms with E-state index in [0.717, 1.165) is 27.7 Å². The van der Waals surface area contributed by atoms with Gasteiger partial charge in [0.15, 0.2) is 0 Å². The third-order valence-electron chi connectivity index (χ3n) is 2.86. The Bertz CT molecular complexity index is 539. The van der Waals surface area contributed by atoms with Crippen LogP contribution in [0.25, 0.3) is 0 Å². The Hall–Kier alpha value is -0.940. The first kappa shape index (κ1) is 13.5. The number of hydrogen-bond donors (Lipinski definition) is 2. The molecule has 0 aliphatic carbocycles. The zero-order valence-corrected chi connectivity index (χ0v) is 12.0. The quantitative estimate of drug-likeness (QED) is 0.669. The monoisotopic (exact) mass is 281 g/mol. The van der Waals surface area contributed by atoms with Crippen molar-refractivity contribution in [1.29, 1.82) is 0 Å². The van der Waals surface area contributed by atoms with Crippen LogP contribution >= 0.6 is 22.9 Å². The number of hydrogen-bond acceptors (Lipinski definition) is 4. The summed E-state index contributed by atoms with van der Waals surface area (Å²) < 4.78 is 0.